The number of aromatic nitrogens is 3. The highest BCUT2D eigenvalue weighted by Crippen LogP contribution is 2.39. The number of hydrogen-bond donors (Lipinski definition) is 0. The van der Waals surface area contributed by atoms with Gasteiger partial charge < -0.3 is 0 Å². The topological polar surface area (TPSA) is 74.8 Å². The van der Waals surface area contributed by atoms with Gasteiger partial charge in [-0.1, -0.05) is 78.5 Å². The van der Waals surface area contributed by atoms with Crippen LogP contribution in [0.15, 0.2) is 65.6 Å². The molecule has 0 bridgehead atoms. The largest absolute Gasteiger partial charge is 0.296 e. The quantitative estimate of drug-likeness (QED) is 0.208. The third-order valence-electron chi connectivity index (χ3n) is 7.55. The van der Waals surface area contributed by atoms with Gasteiger partial charge in [-0.15, -0.1) is 0 Å². The first-order valence-corrected chi connectivity index (χ1v) is 14.8. The highest BCUT2D eigenvalue weighted by Gasteiger charge is 2.23. The molecule has 0 amide bonds. The fourth-order valence-corrected chi connectivity index (χ4v) is 4.85. The van der Waals surface area contributed by atoms with Crippen molar-refractivity contribution in [1.82, 2.24) is 15.0 Å². The summed E-state index contributed by atoms with van der Waals surface area (Å²) in [5.41, 5.74) is 5.70. The minimum absolute atomic E-state index is 0.351. The Kier molecular flexibility index (Phi) is 14.2. The van der Waals surface area contributed by atoms with Gasteiger partial charge in [-0.25, -0.2) is 15.0 Å². The normalized spacial score (nSPS) is 19.8. The summed E-state index contributed by atoms with van der Waals surface area (Å²) in [6, 6.07) is 5.86. The summed E-state index contributed by atoms with van der Waals surface area (Å²) >= 11 is 0. The molecule has 0 radical (unpaired) electrons. The lowest BCUT2D eigenvalue weighted by Crippen LogP contribution is -1.98. The lowest BCUT2D eigenvalue weighted by molar-refractivity contribution is 0.476. The fourth-order valence-electron chi connectivity index (χ4n) is 4.85. The van der Waals surface area contributed by atoms with Crippen LogP contribution >= 0.6 is 0 Å². The molecule has 2 aromatic rings. The van der Waals surface area contributed by atoms with Crippen LogP contribution in [0.1, 0.15) is 108 Å². The maximum Gasteiger partial charge on any atom is 0.147 e. The molecule has 214 valence electrons. The van der Waals surface area contributed by atoms with Gasteiger partial charge in [0.1, 0.15) is 17.6 Å². The van der Waals surface area contributed by atoms with Gasteiger partial charge in [0, 0.05) is 37.4 Å². The summed E-state index contributed by atoms with van der Waals surface area (Å²) < 4.78 is 0. The van der Waals surface area contributed by atoms with Gasteiger partial charge in [0.25, 0.3) is 0 Å². The monoisotopic (exact) mass is 539 g/mol. The average molecular weight is 540 g/mol. The van der Waals surface area contributed by atoms with Crippen LogP contribution in [-0.4, -0.2) is 28.2 Å². The molecule has 2 aromatic heterocycles. The molecule has 2 fully saturated rings. The zero-order chi connectivity index (χ0) is 29.5. The smallest absolute Gasteiger partial charge is 0.147 e. The number of nitrogens with zero attached hydrogens (tertiary/aromatic N) is 5. The lowest BCUT2D eigenvalue weighted by atomic mass is 9.95. The van der Waals surface area contributed by atoms with E-state index in [1.165, 1.54) is 50.5 Å². The Labute approximate surface area is 243 Å². The third kappa shape index (κ3) is 11.4. The zero-order valence-corrected chi connectivity index (χ0v) is 25.8. The summed E-state index contributed by atoms with van der Waals surface area (Å²) in [7, 11) is 1.75. The lowest BCUT2D eigenvalue weighted by Gasteiger charge is -2.11. The predicted molar refractivity (Wildman–Crippen MR) is 169 cm³/mol. The summed E-state index contributed by atoms with van der Waals surface area (Å²) in [6.07, 6.45) is 21.3. The number of aliphatic imine (C=N–C) groups is 1. The molecule has 40 heavy (non-hydrogen) atoms. The maximum absolute atomic E-state index is 9.15. The summed E-state index contributed by atoms with van der Waals surface area (Å²) in [6.45, 7) is 16.8. The number of nitriles is 1. The Balaban J connectivity index is 0.000000241. The highest BCUT2D eigenvalue weighted by atomic mass is 14.8. The Morgan fingerprint density at radius 3 is 2.17 bits per heavy atom. The number of pyridine rings is 1. The van der Waals surface area contributed by atoms with Crippen LogP contribution in [-0.2, 0) is 0 Å². The second-order valence-corrected chi connectivity index (χ2v) is 11.6. The highest BCUT2D eigenvalue weighted by molar-refractivity contribution is 5.88. The number of rotatable bonds is 6. The standard InChI is InChI=1S/C18H21N3.C9H18.C8H10N2/c1-6-16(13(2)3)15(12-20-5)10-14(4)17-8-7-9-21-18(17)11-19;1-8-4-3-5-9(2)7-6-8;1-6-9-4-8(5-10-6)7-2-3-7/h6-10,12-13H,1H2,2-5H3;8-9H,3-7H2,1-2H3;4-5,7H,2-3H2,1H3/b14-10+,16-15-,20-12?;;. The van der Waals surface area contributed by atoms with Crippen molar-refractivity contribution >= 4 is 11.8 Å². The first kappa shape index (κ1) is 32.8. The van der Waals surface area contributed by atoms with Gasteiger partial charge in [0.15, 0.2) is 0 Å². The van der Waals surface area contributed by atoms with Crippen LogP contribution in [0.2, 0.25) is 0 Å². The van der Waals surface area contributed by atoms with E-state index in [1.54, 1.807) is 13.2 Å². The van der Waals surface area contributed by atoms with Crippen LogP contribution in [0.5, 0.6) is 0 Å². The Bertz CT molecular complexity index is 1180. The van der Waals surface area contributed by atoms with Gasteiger partial charge >= 0.3 is 0 Å². The van der Waals surface area contributed by atoms with Crippen LogP contribution in [0.25, 0.3) is 5.57 Å². The van der Waals surface area contributed by atoms with Crippen molar-refractivity contribution in [3.63, 3.8) is 0 Å². The van der Waals surface area contributed by atoms with E-state index in [9.17, 15) is 0 Å². The molecule has 0 aromatic carbocycles. The summed E-state index contributed by atoms with van der Waals surface area (Å²) in [4.78, 5) is 16.5. The SMILES string of the molecule is C=C/C(=C(C=NC)\C=C(/C)c1cccnc1C#N)C(C)C.CC1CCCC(C)CC1.Cc1ncc(C2CC2)cn1. The number of aryl methyl sites for hydroxylation is 1. The molecule has 5 nitrogen and oxygen atoms in total. The minimum atomic E-state index is 0.351. The summed E-state index contributed by atoms with van der Waals surface area (Å²) in [5.74, 6) is 4.01. The van der Waals surface area contributed by atoms with Crippen molar-refractivity contribution < 1.29 is 0 Å². The van der Waals surface area contributed by atoms with Crippen molar-refractivity contribution in [1.29, 1.82) is 5.26 Å². The van der Waals surface area contributed by atoms with E-state index in [0.29, 0.717) is 11.6 Å². The van der Waals surface area contributed by atoms with Gasteiger partial charge in [-0.3, -0.25) is 4.99 Å². The Hall–Kier alpha value is -3.39. The Morgan fingerprint density at radius 1 is 1.05 bits per heavy atom. The molecule has 2 atom stereocenters. The second-order valence-electron chi connectivity index (χ2n) is 11.6. The fraction of sp³-hybridized carbons (Fsp3) is 0.514. The number of hydrogen-bond acceptors (Lipinski definition) is 5. The van der Waals surface area contributed by atoms with E-state index in [0.717, 1.165) is 45.9 Å². The van der Waals surface area contributed by atoms with Gasteiger partial charge in [-0.2, -0.15) is 5.26 Å². The van der Waals surface area contributed by atoms with E-state index < -0.39 is 0 Å². The molecular formula is C35H49N5. The van der Waals surface area contributed by atoms with Gasteiger partial charge in [0.05, 0.1) is 0 Å². The second kappa shape index (κ2) is 17.3. The van der Waals surface area contributed by atoms with Crippen molar-refractivity contribution in [3.8, 4) is 6.07 Å². The third-order valence-corrected chi connectivity index (χ3v) is 7.55. The number of allylic oxidation sites excluding steroid dienone is 5. The van der Waals surface area contributed by atoms with Crippen molar-refractivity contribution in [2.24, 2.45) is 22.7 Å². The molecule has 0 saturated heterocycles. The predicted octanol–water partition coefficient (Wildman–Crippen LogP) is 9.08. The molecule has 0 N–H and O–H groups in total. The van der Waals surface area contributed by atoms with Gasteiger partial charge in [-0.05, 0) is 84.8 Å². The van der Waals surface area contributed by atoms with Crippen molar-refractivity contribution in [2.45, 2.75) is 92.4 Å². The molecule has 0 spiro atoms. The minimum Gasteiger partial charge on any atom is -0.296 e. The Morgan fingerprint density at radius 2 is 1.68 bits per heavy atom. The maximum atomic E-state index is 9.15. The zero-order valence-electron chi connectivity index (χ0n) is 25.8. The van der Waals surface area contributed by atoms with E-state index in [1.807, 2.05) is 56.7 Å². The summed E-state index contributed by atoms with van der Waals surface area (Å²) in [5, 5.41) is 9.15. The van der Waals surface area contributed by atoms with Crippen LogP contribution in [0.3, 0.4) is 0 Å². The molecular weight excluding hydrogens is 490 g/mol. The molecule has 2 saturated carbocycles. The molecule has 2 aliphatic rings. The molecule has 0 aliphatic heterocycles. The van der Waals surface area contributed by atoms with Crippen molar-refractivity contribution in [2.75, 3.05) is 7.05 Å². The van der Waals surface area contributed by atoms with Gasteiger partial charge in [0.2, 0.25) is 0 Å². The van der Waals surface area contributed by atoms with Crippen molar-refractivity contribution in [3.05, 3.63) is 83.2 Å². The molecule has 2 aliphatic carbocycles. The van der Waals surface area contributed by atoms with E-state index in [4.69, 9.17) is 5.26 Å². The van der Waals surface area contributed by atoms with Crippen LogP contribution < -0.4 is 0 Å². The first-order valence-electron chi connectivity index (χ1n) is 14.8. The molecule has 2 unspecified atom stereocenters. The molecule has 2 heterocycles. The molecule has 4 rings (SSSR count). The molecule has 5 heteroatoms. The first-order chi connectivity index (χ1) is 19.2. The van der Waals surface area contributed by atoms with Crippen LogP contribution in [0.4, 0.5) is 0 Å². The van der Waals surface area contributed by atoms with E-state index >= 15 is 0 Å². The average Bonchev–Trinajstić information content (AvgIpc) is 3.80. The van der Waals surface area contributed by atoms with E-state index in [-0.39, 0.29) is 0 Å². The van der Waals surface area contributed by atoms with Crippen LogP contribution in [0, 0.1) is 36.0 Å². The van der Waals surface area contributed by atoms with E-state index in [2.05, 4.69) is 60.3 Å².